The summed E-state index contributed by atoms with van der Waals surface area (Å²) in [4.78, 5) is 11.7. The minimum Gasteiger partial charge on any atom is -0.494 e. The monoisotopic (exact) mass is 329 g/mol. The number of para-hydroxylation sites is 1. The van der Waals surface area contributed by atoms with E-state index in [1.807, 2.05) is 30.3 Å². The van der Waals surface area contributed by atoms with Gasteiger partial charge in [0, 0.05) is 0 Å². The van der Waals surface area contributed by atoms with Crippen molar-refractivity contribution in [3.8, 4) is 11.5 Å². The molecule has 2 aromatic rings. The number of unbranched alkanes of at least 4 members (excludes halogenated alkanes) is 1. The van der Waals surface area contributed by atoms with Crippen LogP contribution in [-0.4, -0.2) is 25.8 Å². The number of anilines is 1. The Kier molecular flexibility index (Phi) is 6.95. The lowest BCUT2D eigenvalue weighted by Gasteiger charge is -2.11. The van der Waals surface area contributed by atoms with E-state index >= 15 is 0 Å². The first kappa shape index (κ1) is 17.7. The third-order valence-corrected chi connectivity index (χ3v) is 3.33. The zero-order chi connectivity index (χ0) is 17.2. The van der Waals surface area contributed by atoms with E-state index in [1.165, 1.54) is 0 Å². The molecule has 24 heavy (non-hydrogen) atoms. The lowest BCUT2D eigenvalue weighted by atomic mass is 10.2. The maximum absolute atomic E-state index is 11.7. The second-order valence-electron chi connectivity index (χ2n) is 5.19. The van der Waals surface area contributed by atoms with Crippen molar-refractivity contribution in [1.82, 2.24) is 0 Å². The average molecular weight is 329 g/mol. The molecule has 0 saturated heterocycles. The maximum Gasteiger partial charge on any atom is 0.338 e. The van der Waals surface area contributed by atoms with E-state index in [2.05, 4.69) is 0 Å². The topological polar surface area (TPSA) is 70.8 Å². The van der Waals surface area contributed by atoms with E-state index in [0.29, 0.717) is 36.8 Å². The van der Waals surface area contributed by atoms with Crippen LogP contribution in [0.2, 0.25) is 0 Å². The van der Waals surface area contributed by atoms with Gasteiger partial charge in [-0.15, -0.1) is 0 Å². The van der Waals surface area contributed by atoms with Gasteiger partial charge in [0.1, 0.15) is 11.5 Å². The fourth-order valence-electron chi connectivity index (χ4n) is 2.09. The van der Waals surface area contributed by atoms with Gasteiger partial charge in [-0.25, -0.2) is 4.79 Å². The van der Waals surface area contributed by atoms with Crippen molar-refractivity contribution in [2.24, 2.45) is 0 Å². The van der Waals surface area contributed by atoms with Crippen LogP contribution in [-0.2, 0) is 4.74 Å². The molecule has 0 radical (unpaired) electrons. The van der Waals surface area contributed by atoms with Gasteiger partial charge in [0.15, 0.2) is 0 Å². The molecule has 5 heteroatoms. The van der Waals surface area contributed by atoms with Gasteiger partial charge in [0.25, 0.3) is 0 Å². The van der Waals surface area contributed by atoms with Crippen LogP contribution in [0.3, 0.4) is 0 Å². The number of hydrogen-bond donors (Lipinski definition) is 1. The summed E-state index contributed by atoms with van der Waals surface area (Å²) in [5.74, 6) is 0.993. The lowest BCUT2D eigenvalue weighted by molar-refractivity contribution is 0.0526. The molecule has 128 valence electrons. The average Bonchev–Trinajstić information content (AvgIpc) is 2.60. The van der Waals surface area contributed by atoms with Crippen molar-refractivity contribution < 1.29 is 19.0 Å². The highest BCUT2D eigenvalue weighted by molar-refractivity contribution is 5.90. The Bertz CT molecular complexity index is 643. The molecule has 0 bridgehead atoms. The summed E-state index contributed by atoms with van der Waals surface area (Å²) < 4.78 is 16.3. The molecule has 0 atom stereocenters. The zero-order valence-corrected chi connectivity index (χ0v) is 13.9. The fourth-order valence-corrected chi connectivity index (χ4v) is 2.09. The van der Waals surface area contributed by atoms with Gasteiger partial charge in [0.2, 0.25) is 0 Å². The summed E-state index contributed by atoms with van der Waals surface area (Å²) in [7, 11) is 0. The largest absolute Gasteiger partial charge is 0.494 e. The predicted octanol–water partition coefficient (Wildman–Crippen LogP) is 3.68. The second kappa shape index (κ2) is 9.45. The molecule has 0 aromatic heterocycles. The van der Waals surface area contributed by atoms with E-state index in [1.54, 1.807) is 25.1 Å². The summed E-state index contributed by atoms with van der Waals surface area (Å²) >= 11 is 0. The van der Waals surface area contributed by atoms with Gasteiger partial charge in [-0.2, -0.15) is 0 Å². The first-order valence-electron chi connectivity index (χ1n) is 8.08. The molecule has 0 aliphatic rings. The van der Waals surface area contributed by atoms with E-state index in [0.717, 1.165) is 18.6 Å². The Morgan fingerprint density at radius 2 is 1.71 bits per heavy atom. The lowest BCUT2D eigenvalue weighted by Crippen LogP contribution is -2.07. The van der Waals surface area contributed by atoms with Gasteiger partial charge in [-0.05, 0) is 50.1 Å². The Labute approximate surface area is 142 Å². The van der Waals surface area contributed by atoms with Crippen LogP contribution in [0.25, 0.3) is 0 Å². The number of benzene rings is 2. The van der Waals surface area contributed by atoms with E-state index in [9.17, 15) is 4.79 Å². The van der Waals surface area contributed by atoms with Gasteiger partial charge < -0.3 is 19.9 Å². The highest BCUT2D eigenvalue weighted by Crippen LogP contribution is 2.23. The van der Waals surface area contributed by atoms with Crippen LogP contribution in [0, 0.1) is 0 Å². The smallest absolute Gasteiger partial charge is 0.338 e. The third kappa shape index (κ3) is 5.50. The van der Waals surface area contributed by atoms with E-state index in [-0.39, 0.29) is 5.97 Å². The minimum atomic E-state index is -0.376. The second-order valence-corrected chi connectivity index (χ2v) is 5.19. The SMILES string of the molecule is CCOC(=O)c1ccc(N)c(OCCCCOc2ccccc2)c1. The number of esters is 1. The quantitative estimate of drug-likeness (QED) is 0.432. The zero-order valence-electron chi connectivity index (χ0n) is 13.9. The molecule has 0 fully saturated rings. The first-order valence-corrected chi connectivity index (χ1v) is 8.08. The number of nitrogens with two attached hydrogens (primary N) is 1. The van der Waals surface area contributed by atoms with Crippen LogP contribution >= 0.6 is 0 Å². The summed E-state index contributed by atoms with van der Waals surface area (Å²) in [6, 6.07) is 14.6. The molecule has 0 unspecified atom stereocenters. The van der Waals surface area contributed by atoms with Crippen LogP contribution in [0.5, 0.6) is 11.5 Å². The molecule has 0 saturated carbocycles. The van der Waals surface area contributed by atoms with Crippen molar-refractivity contribution >= 4 is 11.7 Å². The number of rotatable bonds is 9. The van der Waals surface area contributed by atoms with Gasteiger partial charge in [0.05, 0.1) is 31.1 Å². The van der Waals surface area contributed by atoms with Crippen molar-refractivity contribution in [2.45, 2.75) is 19.8 Å². The Hall–Kier alpha value is -2.69. The minimum absolute atomic E-state index is 0.334. The molecule has 2 aromatic carbocycles. The number of carbonyl (C=O) groups is 1. The van der Waals surface area contributed by atoms with Crippen LogP contribution < -0.4 is 15.2 Å². The Morgan fingerprint density at radius 3 is 2.42 bits per heavy atom. The molecule has 2 rings (SSSR count). The van der Waals surface area contributed by atoms with E-state index in [4.69, 9.17) is 19.9 Å². The number of hydrogen-bond acceptors (Lipinski definition) is 5. The van der Waals surface area contributed by atoms with Crippen molar-refractivity contribution in [2.75, 3.05) is 25.6 Å². The van der Waals surface area contributed by atoms with Gasteiger partial charge in [-0.1, -0.05) is 18.2 Å². The molecule has 0 aliphatic carbocycles. The van der Waals surface area contributed by atoms with Gasteiger partial charge in [-0.3, -0.25) is 0 Å². The van der Waals surface area contributed by atoms with Crippen molar-refractivity contribution in [3.63, 3.8) is 0 Å². The third-order valence-electron chi connectivity index (χ3n) is 3.33. The van der Waals surface area contributed by atoms with Crippen molar-refractivity contribution in [1.29, 1.82) is 0 Å². The molecule has 0 amide bonds. The predicted molar refractivity (Wildman–Crippen MR) is 93.5 cm³/mol. The molecular weight excluding hydrogens is 306 g/mol. The maximum atomic E-state index is 11.7. The summed E-state index contributed by atoms with van der Waals surface area (Å²) in [6.07, 6.45) is 1.70. The van der Waals surface area contributed by atoms with Gasteiger partial charge >= 0.3 is 5.97 Å². The number of nitrogen functional groups attached to an aromatic ring is 1. The fraction of sp³-hybridized carbons (Fsp3) is 0.316. The number of ether oxygens (including phenoxy) is 3. The first-order chi connectivity index (χ1) is 11.7. The Balaban J connectivity index is 1.73. The highest BCUT2D eigenvalue weighted by atomic mass is 16.5. The number of carbonyl (C=O) groups excluding carboxylic acids is 1. The standard InChI is InChI=1S/C19H23NO4/c1-2-22-19(21)15-10-11-17(20)18(14-15)24-13-7-6-12-23-16-8-4-3-5-9-16/h3-5,8-11,14H,2,6-7,12-13,20H2,1H3. The normalized spacial score (nSPS) is 10.2. The molecular formula is C19H23NO4. The summed E-state index contributed by atoms with van der Waals surface area (Å²) in [5.41, 5.74) is 6.82. The van der Waals surface area contributed by atoms with Crippen molar-refractivity contribution in [3.05, 3.63) is 54.1 Å². The molecule has 0 aliphatic heterocycles. The van der Waals surface area contributed by atoms with E-state index < -0.39 is 0 Å². The summed E-state index contributed by atoms with van der Waals surface area (Å²) in [5, 5.41) is 0. The van der Waals surface area contributed by atoms with Crippen LogP contribution in [0.4, 0.5) is 5.69 Å². The highest BCUT2D eigenvalue weighted by Gasteiger charge is 2.10. The Morgan fingerprint density at radius 1 is 1.00 bits per heavy atom. The molecule has 5 nitrogen and oxygen atoms in total. The van der Waals surface area contributed by atoms with Crippen LogP contribution in [0.15, 0.2) is 48.5 Å². The molecule has 0 heterocycles. The van der Waals surface area contributed by atoms with Crippen LogP contribution in [0.1, 0.15) is 30.1 Å². The molecule has 0 spiro atoms. The molecule has 2 N–H and O–H groups in total. The summed E-state index contributed by atoms with van der Waals surface area (Å²) in [6.45, 7) is 3.24.